The number of aromatic nitrogens is 2. The SMILES string of the molecule is CN(C)CCCN(C)C(=O)Nc1cc(Oc2ccc(N)cc2F)ncn1. The molecule has 0 fully saturated rings. The molecule has 8 nitrogen and oxygen atoms in total. The van der Waals surface area contributed by atoms with E-state index in [0.717, 1.165) is 19.0 Å². The normalized spacial score (nSPS) is 10.7. The standard InChI is InChI=1S/C17H23FN6O2/c1-23(2)7-4-8-24(3)17(25)22-15-10-16(21-11-20-15)26-14-6-5-12(19)9-13(14)18/h5-6,9-11H,4,7-8,19H2,1-3H3,(H,20,21,22,25). The van der Waals surface area contributed by atoms with Gasteiger partial charge in [0.2, 0.25) is 5.88 Å². The van der Waals surface area contributed by atoms with Crippen molar-refractivity contribution in [1.82, 2.24) is 19.8 Å². The summed E-state index contributed by atoms with van der Waals surface area (Å²) in [5.74, 6) is -0.254. The predicted molar refractivity (Wildman–Crippen MR) is 97.7 cm³/mol. The first-order valence-corrected chi connectivity index (χ1v) is 8.07. The Labute approximate surface area is 151 Å². The molecule has 0 unspecified atom stereocenters. The number of benzene rings is 1. The van der Waals surface area contributed by atoms with Gasteiger partial charge in [-0.2, -0.15) is 0 Å². The van der Waals surface area contributed by atoms with E-state index in [4.69, 9.17) is 10.5 Å². The zero-order valence-electron chi connectivity index (χ0n) is 15.1. The summed E-state index contributed by atoms with van der Waals surface area (Å²) >= 11 is 0. The van der Waals surface area contributed by atoms with Gasteiger partial charge in [0.05, 0.1) is 0 Å². The molecule has 0 aliphatic rings. The van der Waals surface area contributed by atoms with Crippen molar-refractivity contribution in [3.63, 3.8) is 0 Å². The molecule has 3 N–H and O–H groups in total. The molecule has 2 rings (SSSR count). The molecule has 26 heavy (non-hydrogen) atoms. The van der Waals surface area contributed by atoms with Crippen molar-refractivity contribution in [3.8, 4) is 11.6 Å². The molecule has 0 spiro atoms. The number of urea groups is 1. The number of ether oxygens (including phenoxy) is 1. The zero-order valence-corrected chi connectivity index (χ0v) is 15.1. The van der Waals surface area contributed by atoms with E-state index in [1.54, 1.807) is 11.9 Å². The number of halogens is 1. The number of anilines is 2. The molecule has 9 heteroatoms. The minimum atomic E-state index is -0.602. The molecule has 0 aliphatic carbocycles. The smallest absolute Gasteiger partial charge is 0.322 e. The van der Waals surface area contributed by atoms with Gasteiger partial charge in [0.25, 0.3) is 0 Å². The Morgan fingerprint density at radius 1 is 1.23 bits per heavy atom. The predicted octanol–water partition coefficient (Wildman–Crippen LogP) is 2.41. The van der Waals surface area contributed by atoms with Gasteiger partial charge in [-0.1, -0.05) is 0 Å². The zero-order chi connectivity index (χ0) is 19.1. The molecule has 0 atom stereocenters. The number of nitrogens with one attached hydrogen (secondary N) is 1. The second-order valence-electron chi connectivity index (χ2n) is 6.04. The molecule has 2 aromatic rings. The molecule has 1 aromatic carbocycles. The van der Waals surface area contributed by atoms with E-state index in [-0.39, 0.29) is 23.5 Å². The third-order valence-electron chi connectivity index (χ3n) is 3.49. The molecule has 1 heterocycles. The van der Waals surface area contributed by atoms with Crippen LogP contribution in [0.15, 0.2) is 30.6 Å². The molecule has 0 saturated heterocycles. The molecule has 140 valence electrons. The lowest BCUT2D eigenvalue weighted by molar-refractivity contribution is 0.219. The van der Waals surface area contributed by atoms with Crippen molar-refractivity contribution < 1.29 is 13.9 Å². The Bertz CT molecular complexity index is 756. The van der Waals surface area contributed by atoms with E-state index in [9.17, 15) is 9.18 Å². The van der Waals surface area contributed by atoms with Crippen molar-refractivity contribution in [3.05, 3.63) is 36.4 Å². The highest BCUT2D eigenvalue weighted by molar-refractivity contribution is 5.88. The van der Waals surface area contributed by atoms with E-state index in [2.05, 4.69) is 20.2 Å². The fraction of sp³-hybridized carbons (Fsp3) is 0.353. The quantitative estimate of drug-likeness (QED) is 0.734. The second-order valence-corrected chi connectivity index (χ2v) is 6.04. The van der Waals surface area contributed by atoms with E-state index >= 15 is 0 Å². The van der Waals surface area contributed by atoms with Crippen LogP contribution in [0.1, 0.15) is 6.42 Å². The number of carbonyl (C=O) groups excluding carboxylic acids is 1. The van der Waals surface area contributed by atoms with Crippen molar-refractivity contribution in [2.45, 2.75) is 6.42 Å². The number of carbonyl (C=O) groups is 1. The lowest BCUT2D eigenvalue weighted by Gasteiger charge is -2.19. The van der Waals surface area contributed by atoms with Crippen molar-refractivity contribution >= 4 is 17.5 Å². The molecular formula is C17H23FN6O2. The van der Waals surface area contributed by atoms with Crippen LogP contribution >= 0.6 is 0 Å². The Kier molecular flexibility index (Phi) is 6.67. The van der Waals surface area contributed by atoms with Gasteiger partial charge in [-0.15, -0.1) is 0 Å². The summed E-state index contributed by atoms with van der Waals surface area (Å²) in [4.78, 5) is 23.7. The topological polar surface area (TPSA) is 96.6 Å². The Morgan fingerprint density at radius 2 is 2.00 bits per heavy atom. The van der Waals surface area contributed by atoms with Gasteiger partial charge in [0.15, 0.2) is 11.6 Å². The van der Waals surface area contributed by atoms with Crippen LogP contribution in [0.3, 0.4) is 0 Å². The minimum absolute atomic E-state index is 0.0176. The number of nitrogen functional groups attached to an aromatic ring is 1. The van der Waals surface area contributed by atoms with Crippen molar-refractivity contribution in [2.24, 2.45) is 0 Å². The monoisotopic (exact) mass is 362 g/mol. The van der Waals surface area contributed by atoms with Crippen LogP contribution in [0.25, 0.3) is 0 Å². The number of hydrogen-bond acceptors (Lipinski definition) is 6. The highest BCUT2D eigenvalue weighted by Crippen LogP contribution is 2.25. The van der Waals surface area contributed by atoms with Crippen LogP contribution in [-0.2, 0) is 0 Å². The fourth-order valence-corrected chi connectivity index (χ4v) is 2.11. The number of hydrogen-bond donors (Lipinski definition) is 2. The molecule has 0 radical (unpaired) electrons. The average Bonchev–Trinajstić information content (AvgIpc) is 2.57. The van der Waals surface area contributed by atoms with E-state index in [1.807, 2.05) is 14.1 Å². The third-order valence-corrected chi connectivity index (χ3v) is 3.49. The maximum Gasteiger partial charge on any atom is 0.322 e. The first kappa shape index (κ1) is 19.4. The molecule has 0 bridgehead atoms. The summed E-state index contributed by atoms with van der Waals surface area (Å²) in [6.07, 6.45) is 2.08. The van der Waals surface area contributed by atoms with Crippen molar-refractivity contribution in [1.29, 1.82) is 0 Å². The van der Waals surface area contributed by atoms with Crippen LogP contribution < -0.4 is 15.8 Å². The van der Waals surface area contributed by atoms with Gasteiger partial charge >= 0.3 is 6.03 Å². The molecule has 0 aliphatic heterocycles. The van der Waals surface area contributed by atoms with Gasteiger partial charge < -0.3 is 20.3 Å². The fourth-order valence-electron chi connectivity index (χ4n) is 2.11. The largest absolute Gasteiger partial charge is 0.436 e. The first-order chi connectivity index (χ1) is 12.3. The second kappa shape index (κ2) is 8.95. The van der Waals surface area contributed by atoms with Crippen LogP contribution in [0.2, 0.25) is 0 Å². The highest BCUT2D eigenvalue weighted by atomic mass is 19.1. The van der Waals surface area contributed by atoms with Crippen LogP contribution in [0, 0.1) is 5.82 Å². The summed E-state index contributed by atoms with van der Waals surface area (Å²) in [7, 11) is 5.66. The van der Waals surface area contributed by atoms with Crippen LogP contribution in [-0.4, -0.2) is 60.0 Å². The summed E-state index contributed by atoms with van der Waals surface area (Å²) in [5, 5.41) is 2.66. The molecule has 1 aromatic heterocycles. The van der Waals surface area contributed by atoms with Gasteiger partial charge in [-0.3, -0.25) is 5.32 Å². The maximum absolute atomic E-state index is 13.8. The van der Waals surface area contributed by atoms with Crippen LogP contribution in [0.4, 0.5) is 20.7 Å². The first-order valence-electron chi connectivity index (χ1n) is 8.07. The number of amides is 2. The van der Waals surface area contributed by atoms with Gasteiger partial charge in [-0.25, -0.2) is 19.2 Å². The van der Waals surface area contributed by atoms with E-state index < -0.39 is 5.82 Å². The van der Waals surface area contributed by atoms with Crippen LogP contribution in [0.5, 0.6) is 11.6 Å². The molecule has 0 saturated carbocycles. The maximum atomic E-state index is 13.8. The number of nitrogens with zero attached hydrogens (tertiary/aromatic N) is 4. The van der Waals surface area contributed by atoms with Crippen molar-refractivity contribution in [2.75, 3.05) is 45.3 Å². The average molecular weight is 362 g/mol. The number of nitrogens with two attached hydrogens (primary N) is 1. The molecule has 2 amide bonds. The van der Waals surface area contributed by atoms with Gasteiger partial charge in [0, 0.05) is 31.4 Å². The Morgan fingerprint density at radius 3 is 2.69 bits per heavy atom. The van der Waals surface area contributed by atoms with E-state index in [1.165, 1.54) is 24.5 Å². The minimum Gasteiger partial charge on any atom is -0.436 e. The van der Waals surface area contributed by atoms with Gasteiger partial charge in [-0.05, 0) is 39.2 Å². The Hall–Kier alpha value is -2.94. The van der Waals surface area contributed by atoms with Gasteiger partial charge in [0.1, 0.15) is 12.1 Å². The Balaban J connectivity index is 1.96. The number of rotatable bonds is 7. The summed E-state index contributed by atoms with van der Waals surface area (Å²) < 4.78 is 19.2. The summed E-state index contributed by atoms with van der Waals surface area (Å²) in [5.41, 5.74) is 5.80. The summed E-state index contributed by atoms with van der Waals surface area (Å²) in [6, 6.07) is 5.20. The summed E-state index contributed by atoms with van der Waals surface area (Å²) in [6.45, 7) is 1.49. The lowest BCUT2D eigenvalue weighted by atomic mass is 10.3. The van der Waals surface area contributed by atoms with E-state index in [0.29, 0.717) is 12.2 Å². The third kappa shape index (κ3) is 5.85. The molecular weight excluding hydrogens is 339 g/mol. The highest BCUT2D eigenvalue weighted by Gasteiger charge is 2.11. The lowest BCUT2D eigenvalue weighted by Crippen LogP contribution is -2.33.